The van der Waals surface area contributed by atoms with Crippen LogP contribution in [0, 0.1) is 0 Å². The molecule has 3 aromatic rings. The van der Waals surface area contributed by atoms with E-state index in [1.807, 2.05) is 12.1 Å². The molecule has 0 aliphatic carbocycles. The topological polar surface area (TPSA) is 144 Å². The van der Waals surface area contributed by atoms with Crippen molar-refractivity contribution in [2.24, 2.45) is 10.9 Å². The van der Waals surface area contributed by atoms with Crippen molar-refractivity contribution in [1.29, 1.82) is 0 Å². The van der Waals surface area contributed by atoms with Crippen molar-refractivity contribution in [2.75, 3.05) is 18.0 Å². The fourth-order valence-electron chi connectivity index (χ4n) is 3.93. The Bertz CT molecular complexity index is 1210. The maximum absolute atomic E-state index is 13.6. The lowest BCUT2D eigenvalue weighted by Gasteiger charge is -2.32. The zero-order valence-electron chi connectivity index (χ0n) is 16.7. The summed E-state index contributed by atoms with van der Waals surface area (Å²) in [6.45, 7) is 1.54. The Labute approximate surface area is 181 Å². The molecule has 170 valence electrons. The molecule has 4 rings (SSSR count). The number of H-pyrrole nitrogens is 1. The van der Waals surface area contributed by atoms with Gasteiger partial charge in [-0.05, 0) is 47.4 Å². The van der Waals surface area contributed by atoms with E-state index in [4.69, 9.17) is 10.9 Å². The molecule has 13 heteroatoms. The Balaban J connectivity index is 1.88. The quantitative estimate of drug-likeness (QED) is 0.533. The largest absolute Gasteiger partial charge is 0.417 e. The highest BCUT2D eigenvalue weighted by Crippen LogP contribution is 2.43. The smallest absolute Gasteiger partial charge is 0.370 e. The monoisotopic (exact) mass is 467 g/mol. The van der Waals surface area contributed by atoms with E-state index in [0.29, 0.717) is 18.2 Å². The SMILES string of the molecule is N[C@@H]1CCCN(c2ccc(-c3ccc(C(F)(F)F)c(S(N)(=O)=O)c3-c3nn[nH]n3)cc2)C1. The Kier molecular flexibility index (Phi) is 5.65. The molecule has 0 radical (unpaired) electrons. The number of aromatic nitrogens is 4. The molecule has 2 aromatic carbocycles. The standard InChI is InChI=1S/C19H20F3N7O2S/c20-19(21,22)15-8-7-14(16(17(15)32(24,30)31)18-25-27-28-26-18)11-3-5-13(6-4-11)29-9-1-2-12(23)10-29/h3-8,12H,1-2,9-10,23H2,(H2,24,30,31)(H,25,26,27,28)/t12-/m1/s1. The van der Waals surface area contributed by atoms with Gasteiger partial charge in [-0.25, -0.2) is 13.6 Å². The lowest BCUT2D eigenvalue weighted by atomic mass is 9.96. The Morgan fingerprint density at radius 2 is 1.84 bits per heavy atom. The number of nitrogens with two attached hydrogens (primary N) is 2. The summed E-state index contributed by atoms with van der Waals surface area (Å²) >= 11 is 0. The summed E-state index contributed by atoms with van der Waals surface area (Å²) < 4.78 is 65.4. The van der Waals surface area contributed by atoms with Crippen LogP contribution in [0.2, 0.25) is 0 Å². The predicted octanol–water partition coefficient (Wildman–Crippen LogP) is 2.13. The maximum Gasteiger partial charge on any atom is 0.417 e. The number of sulfonamides is 1. The average Bonchev–Trinajstić information content (AvgIpc) is 3.26. The van der Waals surface area contributed by atoms with Crippen molar-refractivity contribution in [3.05, 3.63) is 42.0 Å². The zero-order chi connectivity index (χ0) is 23.1. The summed E-state index contributed by atoms with van der Waals surface area (Å²) in [5.41, 5.74) is 5.81. The summed E-state index contributed by atoms with van der Waals surface area (Å²) in [5.74, 6) is -0.318. The summed E-state index contributed by atoms with van der Waals surface area (Å²) in [6.07, 6.45) is -3.05. The molecule has 1 saturated heterocycles. The third kappa shape index (κ3) is 4.31. The van der Waals surface area contributed by atoms with Gasteiger partial charge in [0.25, 0.3) is 0 Å². The van der Waals surface area contributed by atoms with Gasteiger partial charge in [0, 0.05) is 24.8 Å². The minimum atomic E-state index is -4.96. The third-order valence-electron chi connectivity index (χ3n) is 5.32. The summed E-state index contributed by atoms with van der Waals surface area (Å²) in [6, 6.07) is 8.93. The highest BCUT2D eigenvalue weighted by atomic mass is 32.2. The number of tetrazole rings is 1. The molecular formula is C19H20F3N7O2S. The van der Waals surface area contributed by atoms with Crippen LogP contribution in [0.4, 0.5) is 18.9 Å². The van der Waals surface area contributed by atoms with Gasteiger partial charge in [0.15, 0.2) is 0 Å². The molecule has 0 spiro atoms. The van der Waals surface area contributed by atoms with Crippen LogP contribution in [0.5, 0.6) is 0 Å². The number of alkyl halides is 3. The number of halogens is 3. The van der Waals surface area contributed by atoms with Gasteiger partial charge in [0.2, 0.25) is 15.8 Å². The van der Waals surface area contributed by atoms with E-state index in [2.05, 4.69) is 25.5 Å². The average molecular weight is 467 g/mol. The van der Waals surface area contributed by atoms with Gasteiger partial charge in [-0.15, -0.1) is 10.2 Å². The molecule has 2 heterocycles. The Morgan fingerprint density at radius 1 is 1.12 bits per heavy atom. The maximum atomic E-state index is 13.6. The van der Waals surface area contributed by atoms with Crippen LogP contribution >= 0.6 is 0 Å². The van der Waals surface area contributed by atoms with E-state index in [1.165, 1.54) is 6.07 Å². The van der Waals surface area contributed by atoms with Crippen LogP contribution in [0.25, 0.3) is 22.5 Å². The van der Waals surface area contributed by atoms with Crippen LogP contribution in [-0.2, 0) is 16.2 Å². The van der Waals surface area contributed by atoms with Gasteiger partial charge >= 0.3 is 6.18 Å². The molecule has 32 heavy (non-hydrogen) atoms. The number of rotatable bonds is 4. The third-order valence-corrected chi connectivity index (χ3v) is 6.31. The number of piperidine rings is 1. The molecular weight excluding hydrogens is 447 g/mol. The van der Waals surface area contributed by atoms with E-state index in [-0.39, 0.29) is 23.0 Å². The van der Waals surface area contributed by atoms with Crippen molar-refractivity contribution in [3.8, 4) is 22.5 Å². The number of benzene rings is 2. The number of primary sulfonamides is 1. The van der Waals surface area contributed by atoms with Gasteiger partial charge in [-0.2, -0.15) is 18.4 Å². The van der Waals surface area contributed by atoms with Gasteiger partial charge in [0.1, 0.15) is 4.90 Å². The van der Waals surface area contributed by atoms with Gasteiger partial charge in [-0.1, -0.05) is 18.2 Å². The number of aromatic amines is 1. The van der Waals surface area contributed by atoms with Crippen LogP contribution in [0.3, 0.4) is 0 Å². The molecule has 1 aromatic heterocycles. The van der Waals surface area contributed by atoms with E-state index < -0.39 is 26.7 Å². The van der Waals surface area contributed by atoms with Gasteiger partial charge < -0.3 is 10.6 Å². The highest BCUT2D eigenvalue weighted by Gasteiger charge is 2.39. The van der Waals surface area contributed by atoms with Crippen LogP contribution in [0.1, 0.15) is 18.4 Å². The number of hydrogen-bond donors (Lipinski definition) is 3. The summed E-state index contributed by atoms with van der Waals surface area (Å²) in [7, 11) is -4.80. The summed E-state index contributed by atoms with van der Waals surface area (Å²) in [5, 5.41) is 18.1. The molecule has 1 aliphatic heterocycles. The zero-order valence-corrected chi connectivity index (χ0v) is 17.5. The minimum absolute atomic E-state index is 0.0699. The molecule has 1 atom stereocenters. The van der Waals surface area contributed by atoms with Gasteiger partial charge in [-0.3, -0.25) is 0 Å². The first kappa shape index (κ1) is 22.2. The van der Waals surface area contributed by atoms with Gasteiger partial charge in [0.05, 0.1) is 11.1 Å². The molecule has 1 fully saturated rings. The van der Waals surface area contributed by atoms with Crippen molar-refractivity contribution in [1.82, 2.24) is 20.6 Å². The van der Waals surface area contributed by atoms with Crippen LogP contribution in [0.15, 0.2) is 41.3 Å². The first-order valence-corrected chi connectivity index (χ1v) is 11.2. The fraction of sp³-hybridized carbons (Fsp3) is 0.316. The molecule has 0 unspecified atom stereocenters. The van der Waals surface area contributed by atoms with Crippen molar-refractivity contribution in [2.45, 2.75) is 30.0 Å². The molecule has 9 nitrogen and oxygen atoms in total. The van der Waals surface area contributed by atoms with Crippen molar-refractivity contribution in [3.63, 3.8) is 0 Å². The second kappa shape index (κ2) is 8.15. The molecule has 5 N–H and O–H groups in total. The lowest BCUT2D eigenvalue weighted by Crippen LogP contribution is -2.42. The van der Waals surface area contributed by atoms with E-state index in [0.717, 1.165) is 25.1 Å². The minimum Gasteiger partial charge on any atom is -0.370 e. The Hall–Kier alpha value is -3.03. The van der Waals surface area contributed by atoms with Crippen LogP contribution < -0.4 is 15.8 Å². The van der Waals surface area contributed by atoms with Crippen molar-refractivity contribution < 1.29 is 21.6 Å². The van der Waals surface area contributed by atoms with E-state index >= 15 is 0 Å². The second-order valence-electron chi connectivity index (χ2n) is 7.54. The molecule has 1 aliphatic rings. The fourth-order valence-corrected chi connectivity index (χ4v) is 4.90. The molecule has 0 saturated carbocycles. The second-order valence-corrected chi connectivity index (χ2v) is 9.04. The van der Waals surface area contributed by atoms with Crippen LogP contribution in [-0.4, -0.2) is 48.2 Å². The molecule has 0 amide bonds. The first-order chi connectivity index (χ1) is 15.1. The number of nitrogens with zero attached hydrogens (tertiary/aromatic N) is 4. The van der Waals surface area contributed by atoms with E-state index in [1.54, 1.807) is 12.1 Å². The predicted molar refractivity (Wildman–Crippen MR) is 111 cm³/mol. The Morgan fingerprint density at radius 3 is 2.41 bits per heavy atom. The number of hydrogen-bond acceptors (Lipinski definition) is 7. The summed E-state index contributed by atoms with van der Waals surface area (Å²) in [4.78, 5) is 1.02. The lowest BCUT2D eigenvalue weighted by molar-refractivity contribution is -0.139. The highest BCUT2D eigenvalue weighted by molar-refractivity contribution is 7.89. The molecule has 0 bridgehead atoms. The first-order valence-electron chi connectivity index (χ1n) is 9.67. The van der Waals surface area contributed by atoms with Crippen molar-refractivity contribution >= 4 is 15.7 Å². The number of nitrogens with one attached hydrogen (secondary N) is 1. The number of anilines is 1. The van der Waals surface area contributed by atoms with E-state index in [9.17, 15) is 21.6 Å². The normalized spacial score (nSPS) is 17.5.